The zero-order valence-electron chi connectivity index (χ0n) is 14.7. The van der Waals surface area contributed by atoms with Gasteiger partial charge in [-0.2, -0.15) is 0 Å². The van der Waals surface area contributed by atoms with E-state index in [4.69, 9.17) is 0 Å². The van der Waals surface area contributed by atoms with Gasteiger partial charge in [-0.15, -0.1) is 34.4 Å². The van der Waals surface area contributed by atoms with E-state index in [1.54, 1.807) is 34.4 Å². The van der Waals surface area contributed by atoms with E-state index in [1.807, 2.05) is 25.1 Å². The van der Waals surface area contributed by atoms with Crippen LogP contribution in [0, 0.1) is 6.92 Å². The lowest BCUT2D eigenvalue weighted by Gasteiger charge is -2.04. The molecule has 0 unspecified atom stereocenters. The highest BCUT2D eigenvalue weighted by atomic mass is 32.2. The van der Waals surface area contributed by atoms with Crippen molar-refractivity contribution in [2.45, 2.75) is 31.1 Å². The minimum atomic E-state index is 0.144. The monoisotopic (exact) mass is 402 g/mol. The van der Waals surface area contributed by atoms with Crippen molar-refractivity contribution in [3.05, 3.63) is 57.7 Å². The van der Waals surface area contributed by atoms with Crippen LogP contribution >= 0.6 is 34.4 Å². The summed E-state index contributed by atoms with van der Waals surface area (Å²) in [5, 5.41) is 6.22. The number of hydrogen-bond acceptors (Lipinski definition) is 5. The number of aromatic nitrogens is 1. The molecule has 0 aliphatic rings. The SMILES string of the molecule is Cc1nc(-c2ccc(CCNC(=O)CCCSc3ccccc3)s2)cs1. The summed E-state index contributed by atoms with van der Waals surface area (Å²) in [6, 6.07) is 14.6. The molecule has 0 saturated carbocycles. The lowest BCUT2D eigenvalue weighted by molar-refractivity contribution is -0.121. The molecule has 0 fully saturated rings. The van der Waals surface area contributed by atoms with Crippen molar-refractivity contribution in [3.8, 4) is 10.6 Å². The minimum Gasteiger partial charge on any atom is -0.356 e. The van der Waals surface area contributed by atoms with Gasteiger partial charge in [-0.1, -0.05) is 18.2 Å². The van der Waals surface area contributed by atoms with Crippen LogP contribution in [0.5, 0.6) is 0 Å². The Hall–Kier alpha value is -1.63. The van der Waals surface area contributed by atoms with E-state index in [0.717, 1.165) is 29.3 Å². The number of carbonyl (C=O) groups excluding carboxylic acids is 1. The van der Waals surface area contributed by atoms with Gasteiger partial charge in [0.2, 0.25) is 5.91 Å². The number of aryl methyl sites for hydroxylation is 1. The Morgan fingerprint density at radius 1 is 1.19 bits per heavy atom. The number of thiophene rings is 1. The van der Waals surface area contributed by atoms with Gasteiger partial charge in [0, 0.05) is 28.1 Å². The third-order valence-electron chi connectivity index (χ3n) is 3.79. The van der Waals surface area contributed by atoms with E-state index >= 15 is 0 Å². The van der Waals surface area contributed by atoms with Crippen LogP contribution in [0.4, 0.5) is 0 Å². The normalized spacial score (nSPS) is 10.8. The minimum absolute atomic E-state index is 0.144. The van der Waals surface area contributed by atoms with Crippen molar-refractivity contribution in [1.82, 2.24) is 10.3 Å². The number of amides is 1. The second-order valence-corrected chi connectivity index (χ2v) is 9.28. The average molecular weight is 403 g/mol. The molecule has 26 heavy (non-hydrogen) atoms. The average Bonchev–Trinajstić information content (AvgIpc) is 3.29. The fourth-order valence-corrected chi connectivity index (χ4v) is 5.01. The van der Waals surface area contributed by atoms with Crippen molar-refractivity contribution in [1.29, 1.82) is 0 Å². The molecule has 3 aromatic rings. The molecule has 6 heteroatoms. The van der Waals surface area contributed by atoms with Crippen LogP contribution in [0.2, 0.25) is 0 Å². The van der Waals surface area contributed by atoms with Gasteiger partial charge in [0.25, 0.3) is 0 Å². The molecule has 0 radical (unpaired) electrons. The summed E-state index contributed by atoms with van der Waals surface area (Å²) < 4.78 is 0. The molecule has 3 rings (SSSR count). The van der Waals surface area contributed by atoms with E-state index in [-0.39, 0.29) is 5.91 Å². The number of thiazole rings is 1. The molecule has 136 valence electrons. The number of rotatable bonds is 9. The molecular formula is C20H22N2OS3. The van der Waals surface area contributed by atoms with Crippen LogP contribution in [0.1, 0.15) is 22.7 Å². The quantitative estimate of drug-likeness (QED) is 0.384. The zero-order chi connectivity index (χ0) is 18.2. The Morgan fingerprint density at radius 3 is 2.81 bits per heavy atom. The molecule has 0 bridgehead atoms. The van der Waals surface area contributed by atoms with E-state index < -0.39 is 0 Å². The molecule has 1 N–H and O–H groups in total. The van der Waals surface area contributed by atoms with Gasteiger partial charge in [-0.25, -0.2) is 4.98 Å². The van der Waals surface area contributed by atoms with Gasteiger partial charge in [-0.05, 0) is 49.8 Å². The number of nitrogens with zero attached hydrogens (tertiary/aromatic N) is 1. The smallest absolute Gasteiger partial charge is 0.220 e. The summed E-state index contributed by atoms with van der Waals surface area (Å²) in [6.07, 6.45) is 2.36. The Balaban J connectivity index is 1.32. The van der Waals surface area contributed by atoms with Gasteiger partial charge in [0.15, 0.2) is 0 Å². The second kappa shape index (κ2) is 9.90. The second-order valence-electron chi connectivity index (χ2n) is 5.88. The maximum atomic E-state index is 11.9. The highest BCUT2D eigenvalue weighted by Crippen LogP contribution is 2.29. The summed E-state index contributed by atoms with van der Waals surface area (Å²) in [5.74, 6) is 1.12. The first kappa shape index (κ1) is 19.1. The van der Waals surface area contributed by atoms with Gasteiger partial charge in [-0.3, -0.25) is 4.79 Å². The summed E-state index contributed by atoms with van der Waals surface area (Å²) in [5.41, 5.74) is 1.06. The fourth-order valence-electron chi connectivity index (χ4n) is 2.48. The first-order valence-corrected chi connectivity index (χ1v) is 11.3. The van der Waals surface area contributed by atoms with Gasteiger partial charge >= 0.3 is 0 Å². The molecule has 0 atom stereocenters. The standard InChI is InChI=1S/C20H22N2OS3/c1-15-22-18(14-25-15)19-10-9-17(26-19)11-12-21-20(23)8-5-13-24-16-6-3-2-4-7-16/h2-4,6-7,9-10,14H,5,8,11-13H2,1H3,(H,21,23). The summed E-state index contributed by atoms with van der Waals surface area (Å²) in [7, 11) is 0. The van der Waals surface area contributed by atoms with E-state index in [2.05, 4.69) is 39.9 Å². The number of nitrogens with one attached hydrogen (secondary N) is 1. The lowest BCUT2D eigenvalue weighted by Crippen LogP contribution is -2.25. The van der Waals surface area contributed by atoms with Crippen LogP contribution in [-0.4, -0.2) is 23.2 Å². The van der Waals surface area contributed by atoms with E-state index in [9.17, 15) is 4.79 Å². The Kier molecular flexibility index (Phi) is 7.29. The predicted octanol–water partition coefficient (Wildman–Crippen LogP) is 5.41. The topological polar surface area (TPSA) is 42.0 Å². The highest BCUT2D eigenvalue weighted by molar-refractivity contribution is 7.99. The molecule has 0 saturated heterocycles. The Labute approximate surface area is 166 Å². The zero-order valence-corrected chi connectivity index (χ0v) is 17.2. The van der Waals surface area contributed by atoms with Crippen LogP contribution < -0.4 is 5.32 Å². The van der Waals surface area contributed by atoms with Crippen molar-refractivity contribution in [3.63, 3.8) is 0 Å². The van der Waals surface area contributed by atoms with Crippen molar-refractivity contribution in [2.75, 3.05) is 12.3 Å². The van der Waals surface area contributed by atoms with Crippen LogP contribution in [-0.2, 0) is 11.2 Å². The maximum absolute atomic E-state index is 11.9. The first-order chi connectivity index (χ1) is 12.7. The molecule has 1 aromatic carbocycles. The third kappa shape index (κ3) is 5.97. The van der Waals surface area contributed by atoms with E-state index in [1.165, 1.54) is 14.6 Å². The van der Waals surface area contributed by atoms with Gasteiger partial charge in [0.05, 0.1) is 15.6 Å². The molecule has 1 amide bonds. The first-order valence-electron chi connectivity index (χ1n) is 8.66. The van der Waals surface area contributed by atoms with Crippen molar-refractivity contribution in [2.24, 2.45) is 0 Å². The number of thioether (sulfide) groups is 1. The van der Waals surface area contributed by atoms with Crippen molar-refractivity contribution < 1.29 is 4.79 Å². The molecule has 0 spiro atoms. The molecule has 0 aliphatic heterocycles. The molecule has 2 aromatic heterocycles. The fraction of sp³-hybridized carbons (Fsp3) is 0.300. The number of carbonyl (C=O) groups is 1. The van der Waals surface area contributed by atoms with E-state index in [0.29, 0.717) is 13.0 Å². The van der Waals surface area contributed by atoms with Gasteiger partial charge in [0.1, 0.15) is 0 Å². The Bertz CT molecular complexity index is 826. The largest absolute Gasteiger partial charge is 0.356 e. The van der Waals surface area contributed by atoms with Crippen LogP contribution in [0.15, 0.2) is 52.7 Å². The van der Waals surface area contributed by atoms with Crippen LogP contribution in [0.3, 0.4) is 0 Å². The molecule has 2 heterocycles. The molecular weight excluding hydrogens is 380 g/mol. The maximum Gasteiger partial charge on any atom is 0.220 e. The predicted molar refractivity (Wildman–Crippen MR) is 113 cm³/mol. The van der Waals surface area contributed by atoms with Gasteiger partial charge < -0.3 is 5.32 Å². The lowest BCUT2D eigenvalue weighted by atomic mass is 10.3. The molecule has 0 aliphatic carbocycles. The summed E-state index contributed by atoms with van der Waals surface area (Å²) in [6.45, 7) is 2.72. The summed E-state index contributed by atoms with van der Waals surface area (Å²) in [4.78, 5) is 20.2. The van der Waals surface area contributed by atoms with Crippen LogP contribution in [0.25, 0.3) is 10.6 Å². The number of hydrogen-bond donors (Lipinski definition) is 1. The third-order valence-corrected chi connectivity index (χ3v) is 6.83. The Morgan fingerprint density at radius 2 is 2.04 bits per heavy atom. The highest BCUT2D eigenvalue weighted by Gasteiger charge is 2.07. The van der Waals surface area contributed by atoms with Crippen molar-refractivity contribution >= 4 is 40.3 Å². The molecule has 3 nitrogen and oxygen atoms in total. The summed E-state index contributed by atoms with van der Waals surface area (Å²) >= 11 is 5.24. The number of benzene rings is 1.